The van der Waals surface area contributed by atoms with E-state index in [0.717, 1.165) is 51.4 Å². The molecule has 1 atom stereocenters. The number of amides is 1. The van der Waals surface area contributed by atoms with E-state index in [1.165, 1.54) is 12.1 Å². The first-order valence-electron chi connectivity index (χ1n) is 9.98. The van der Waals surface area contributed by atoms with Crippen LogP contribution < -0.4 is 9.64 Å². The van der Waals surface area contributed by atoms with Crippen LogP contribution in [0, 0.1) is 5.92 Å². The fourth-order valence-corrected chi connectivity index (χ4v) is 4.18. The van der Waals surface area contributed by atoms with Gasteiger partial charge < -0.3 is 14.5 Å². The molecule has 0 spiro atoms. The summed E-state index contributed by atoms with van der Waals surface area (Å²) in [6.07, 6.45) is 3.01. The summed E-state index contributed by atoms with van der Waals surface area (Å²) in [5, 5.41) is 0. The van der Waals surface area contributed by atoms with Crippen LogP contribution in [0.3, 0.4) is 0 Å². The maximum Gasteiger partial charge on any atom is 0.222 e. The predicted octanol–water partition coefficient (Wildman–Crippen LogP) is 2.85. The van der Waals surface area contributed by atoms with Crippen LogP contribution in [0.15, 0.2) is 24.3 Å². The molecule has 0 bridgehead atoms. The second-order valence-corrected chi connectivity index (χ2v) is 7.93. The molecule has 1 amide bonds. The van der Waals surface area contributed by atoms with E-state index < -0.39 is 0 Å². The van der Waals surface area contributed by atoms with Crippen molar-refractivity contribution in [2.24, 2.45) is 5.92 Å². The lowest BCUT2D eigenvalue weighted by Gasteiger charge is -2.44. The minimum Gasteiger partial charge on any atom is -0.495 e. The molecule has 2 aliphatic heterocycles. The summed E-state index contributed by atoms with van der Waals surface area (Å²) in [6, 6.07) is 8.77. The maximum absolute atomic E-state index is 12.4. The Bertz CT molecular complexity index is 597. The van der Waals surface area contributed by atoms with Gasteiger partial charge in [0.1, 0.15) is 5.75 Å². The van der Waals surface area contributed by atoms with Gasteiger partial charge in [0, 0.05) is 51.7 Å². The minimum atomic E-state index is 0.331. The number of hydrogen-bond acceptors (Lipinski definition) is 4. The Labute approximate surface area is 157 Å². The lowest BCUT2D eigenvalue weighted by molar-refractivity contribution is -0.134. The first kappa shape index (κ1) is 19.0. The van der Waals surface area contributed by atoms with Gasteiger partial charge in [0.05, 0.1) is 12.8 Å². The van der Waals surface area contributed by atoms with Crippen molar-refractivity contribution in [3.05, 3.63) is 24.3 Å². The largest absolute Gasteiger partial charge is 0.495 e. The van der Waals surface area contributed by atoms with E-state index in [-0.39, 0.29) is 0 Å². The van der Waals surface area contributed by atoms with Gasteiger partial charge in [0.15, 0.2) is 0 Å². The quantitative estimate of drug-likeness (QED) is 0.810. The second kappa shape index (κ2) is 8.76. The summed E-state index contributed by atoms with van der Waals surface area (Å²) in [7, 11) is 1.74. The van der Waals surface area contributed by atoms with Crippen LogP contribution in [0.5, 0.6) is 5.75 Å². The number of methoxy groups -OCH3 is 1. The number of carbonyl (C=O) groups is 1. The van der Waals surface area contributed by atoms with E-state index in [1.54, 1.807) is 7.11 Å². The van der Waals surface area contributed by atoms with Crippen LogP contribution in [-0.4, -0.2) is 68.1 Å². The summed E-state index contributed by atoms with van der Waals surface area (Å²) in [4.78, 5) is 19.5. The first-order chi connectivity index (χ1) is 12.6. The molecule has 0 aromatic heterocycles. The van der Waals surface area contributed by atoms with Crippen molar-refractivity contribution >= 4 is 11.6 Å². The highest BCUT2D eigenvalue weighted by atomic mass is 16.5. The Hall–Kier alpha value is -1.75. The fraction of sp³-hybridized carbons (Fsp3) is 0.667. The third-order valence-electron chi connectivity index (χ3n) is 5.59. The number of piperidine rings is 1. The highest BCUT2D eigenvalue weighted by Gasteiger charge is 2.30. The van der Waals surface area contributed by atoms with Crippen molar-refractivity contribution in [1.82, 2.24) is 9.80 Å². The molecule has 1 aromatic rings. The SMILES string of the molecule is COc1ccccc1N1CCN(C2CCCN(C(=O)CC(C)C)C2)CC1. The van der Waals surface area contributed by atoms with Crippen LogP contribution in [0.25, 0.3) is 0 Å². The van der Waals surface area contributed by atoms with E-state index >= 15 is 0 Å². The maximum atomic E-state index is 12.4. The van der Waals surface area contributed by atoms with Gasteiger partial charge in [-0.2, -0.15) is 0 Å². The number of benzene rings is 1. The highest BCUT2D eigenvalue weighted by Crippen LogP contribution is 2.29. The van der Waals surface area contributed by atoms with Crippen molar-refractivity contribution in [2.75, 3.05) is 51.3 Å². The standard InChI is InChI=1S/C21H33N3O2/c1-17(2)15-21(25)24-10-6-7-18(16-24)22-11-13-23(14-12-22)19-8-4-5-9-20(19)26-3/h4-5,8-9,17-18H,6-7,10-16H2,1-3H3. The van der Waals surface area contributed by atoms with E-state index in [2.05, 4.69) is 40.7 Å². The molecule has 0 aliphatic carbocycles. The summed E-state index contributed by atoms with van der Waals surface area (Å²) in [6.45, 7) is 10.2. The summed E-state index contributed by atoms with van der Waals surface area (Å²) in [5.41, 5.74) is 1.19. The van der Waals surface area contributed by atoms with Crippen molar-refractivity contribution < 1.29 is 9.53 Å². The minimum absolute atomic E-state index is 0.331. The molecule has 0 N–H and O–H groups in total. The average Bonchev–Trinajstić information content (AvgIpc) is 2.67. The second-order valence-electron chi connectivity index (χ2n) is 7.93. The van der Waals surface area contributed by atoms with Gasteiger partial charge in [-0.25, -0.2) is 0 Å². The van der Waals surface area contributed by atoms with E-state index in [4.69, 9.17) is 4.74 Å². The zero-order chi connectivity index (χ0) is 18.5. The normalized spacial score (nSPS) is 21.9. The van der Waals surface area contributed by atoms with E-state index in [1.807, 2.05) is 12.1 Å². The molecule has 2 fully saturated rings. The molecule has 2 saturated heterocycles. The zero-order valence-electron chi connectivity index (χ0n) is 16.5. The molecule has 0 saturated carbocycles. The number of ether oxygens (including phenoxy) is 1. The van der Waals surface area contributed by atoms with Gasteiger partial charge in [-0.15, -0.1) is 0 Å². The predicted molar refractivity (Wildman–Crippen MR) is 106 cm³/mol. The Morgan fingerprint density at radius 3 is 2.58 bits per heavy atom. The van der Waals surface area contributed by atoms with Crippen LogP contribution in [0.1, 0.15) is 33.1 Å². The van der Waals surface area contributed by atoms with Gasteiger partial charge in [-0.05, 0) is 30.9 Å². The molecule has 5 heteroatoms. The smallest absolute Gasteiger partial charge is 0.222 e. The molecule has 1 unspecified atom stereocenters. The molecule has 3 rings (SSSR count). The number of rotatable bonds is 5. The molecule has 2 aliphatic rings. The van der Waals surface area contributed by atoms with Crippen LogP contribution in [0.4, 0.5) is 5.69 Å². The van der Waals surface area contributed by atoms with Crippen molar-refractivity contribution in [3.8, 4) is 5.75 Å². The topological polar surface area (TPSA) is 36.0 Å². The first-order valence-corrected chi connectivity index (χ1v) is 9.98. The summed E-state index contributed by atoms with van der Waals surface area (Å²) < 4.78 is 5.51. The van der Waals surface area contributed by atoms with Crippen LogP contribution >= 0.6 is 0 Å². The van der Waals surface area contributed by atoms with Crippen molar-refractivity contribution in [1.29, 1.82) is 0 Å². The Balaban J connectivity index is 1.55. The van der Waals surface area contributed by atoms with Gasteiger partial charge in [0.25, 0.3) is 0 Å². The highest BCUT2D eigenvalue weighted by molar-refractivity contribution is 5.76. The third kappa shape index (κ3) is 4.50. The Morgan fingerprint density at radius 1 is 1.15 bits per heavy atom. The summed E-state index contributed by atoms with van der Waals surface area (Å²) >= 11 is 0. The number of carbonyl (C=O) groups excluding carboxylic acids is 1. The van der Waals surface area contributed by atoms with Gasteiger partial charge >= 0.3 is 0 Å². The monoisotopic (exact) mass is 359 g/mol. The number of nitrogens with zero attached hydrogens (tertiary/aromatic N) is 3. The third-order valence-corrected chi connectivity index (χ3v) is 5.59. The number of anilines is 1. The number of piperazine rings is 1. The molecule has 5 nitrogen and oxygen atoms in total. The summed E-state index contributed by atoms with van der Waals surface area (Å²) in [5.74, 6) is 1.72. The van der Waals surface area contributed by atoms with E-state index in [9.17, 15) is 4.79 Å². The molecular weight excluding hydrogens is 326 g/mol. The van der Waals surface area contributed by atoms with E-state index in [0.29, 0.717) is 24.3 Å². The van der Waals surface area contributed by atoms with Gasteiger partial charge in [-0.1, -0.05) is 26.0 Å². The molecule has 1 aromatic carbocycles. The Kier molecular flexibility index (Phi) is 6.41. The van der Waals surface area contributed by atoms with Crippen molar-refractivity contribution in [3.63, 3.8) is 0 Å². The number of likely N-dealkylation sites (tertiary alicyclic amines) is 1. The van der Waals surface area contributed by atoms with Gasteiger partial charge in [0.2, 0.25) is 5.91 Å². The van der Waals surface area contributed by atoms with Crippen molar-refractivity contribution in [2.45, 2.75) is 39.2 Å². The molecular formula is C21H33N3O2. The zero-order valence-corrected chi connectivity index (χ0v) is 16.5. The molecule has 0 radical (unpaired) electrons. The lowest BCUT2D eigenvalue weighted by Crippen LogP contribution is -2.56. The Morgan fingerprint density at radius 2 is 1.88 bits per heavy atom. The van der Waals surface area contributed by atoms with Crippen LogP contribution in [0.2, 0.25) is 0 Å². The average molecular weight is 360 g/mol. The number of hydrogen-bond donors (Lipinski definition) is 0. The molecule has 26 heavy (non-hydrogen) atoms. The van der Waals surface area contributed by atoms with Crippen LogP contribution in [-0.2, 0) is 4.79 Å². The lowest BCUT2D eigenvalue weighted by atomic mass is 10.0. The molecule has 144 valence electrons. The molecule has 2 heterocycles. The fourth-order valence-electron chi connectivity index (χ4n) is 4.18. The van der Waals surface area contributed by atoms with Gasteiger partial charge in [-0.3, -0.25) is 9.69 Å². The number of para-hydroxylation sites is 2.